The average Bonchev–Trinajstić information content (AvgIpc) is 2.78. The molecule has 0 atom stereocenters. The number of amides is 1. The van der Waals surface area contributed by atoms with Gasteiger partial charge in [0.15, 0.2) is 5.69 Å². The summed E-state index contributed by atoms with van der Waals surface area (Å²) in [5, 5.41) is 18.3. The number of aromatic nitrogens is 2. The van der Waals surface area contributed by atoms with Crippen molar-refractivity contribution in [2.75, 3.05) is 31.1 Å². The van der Waals surface area contributed by atoms with Gasteiger partial charge in [0, 0.05) is 37.6 Å². The van der Waals surface area contributed by atoms with E-state index in [0.717, 1.165) is 12.1 Å². The number of nitrogens with zero attached hydrogens (tertiary/aromatic N) is 4. The molecule has 0 aliphatic carbocycles. The van der Waals surface area contributed by atoms with Crippen LogP contribution in [0.4, 0.5) is 24.5 Å². The van der Waals surface area contributed by atoms with Crippen molar-refractivity contribution in [3.05, 3.63) is 74.2 Å². The molecular weight excluding hydrogens is 431 g/mol. The van der Waals surface area contributed by atoms with E-state index in [2.05, 4.69) is 10.2 Å². The zero-order chi connectivity index (χ0) is 23.0. The molecule has 9 nitrogen and oxygen atoms in total. The monoisotopic (exact) mass is 447 g/mol. The van der Waals surface area contributed by atoms with Crippen LogP contribution in [0.15, 0.2) is 47.3 Å². The van der Waals surface area contributed by atoms with E-state index in [-0.39, 0.29) is 37.6 Å². The van der Waals surface area contributed by atoms with Crippen LogP contribution in [0.1, 0.15) is 16.1 Å². The highest BCUT2D eigenvalue weighted by atomic mass is 19.4. The molecule has 4 rings (SSSR count). The number of rotatable bonds is 3. The Morgan fingerprint density at radius 2 is 1.72 bits per heavy atom. The minimum absolute atomic E-state index is 0.0581. The quantitative estimate of drug-likeness (QED) is 0.488. The van der Waals surface area contributed by atoms with Crippen LogP contribution >= 0.6 is 0 Å². The van der Waals surface area contributed by atoms with Crippen LogP contribution in [0.3, 0.4) is 0 Å². The SMILES string of the molecule is O=C(c1n[nH]c(=O)c2ccccc12)N1CCN(c2ccc(C(F)(F)F)cc2[N+](=O)[O-])CC1. The lowest BCUT2D eigenvalue weighted by Gasteiger charge is -2.35. The van der Waals surface area contributed by atoms with Crippen molar-refractivity contribution in [3.63, 3.8) is 0 Å². The Kier molecular flexibility index (Phi) is 5.28. The Balaban J connectivity index is 1.55. The molecule has 1 aliphatic heterocycles. The van der Waals surface area contributed by atoms with Crippen molar-refractivity contribution in [2.45, 2.75) is 6.18 Å². The molecule has 0 spiro atoms. The highest BCUT2D eigenvalue weighted by Gasteiger charge is 2.34. The molecule has 1 N–H and O–H groups in total. The van der Waals surface area contributed by atoms with Crippen LogP contribution in [0.25, 0.3) is 10.8 Å². The van der Waals surface area contributed by atoms with Crippen molar-refractivity contribution >= 4 is 28.1 Å². The number of H-pyrrole nitrogens is 1. The number of hydrogen-bond donors (Lipinski definition) is 1. The number of piperazine rings is 1. The lowest BCUT2D eigenvalue weighted by atomic mass is 10.1. The normalized spacial score (nSPS) is 14.6. The number of carbonyl (C=O) groups is 1. The number of fused-ring (bicyclic) bond motifs is 1. The summed E-state index contributed by atoms with van der Waals surface area (Å²) in [6, 6.07) is 8.94. The van der Waals surface area contributed by atoms with Gasteiger partial charge in [-0.05, 0) is 18.2 Å². The highest BCUT2D eigenvalue weighted by Crippen LogP contribution is 2.36. The topological polar surface area (TPSA) is 112 Å². The van der Waals surface area contributed by atoms with Gasteiger partial charge in [-0.15, -0.1) is 0 Å². The number of benzene rings is 2. The fourth-order valence-electron chi connectivity index (χ4n) is 3.69. The maximum Gasteiger partial charge on any atom is 0.416 e. The number of aromatic amines is 1. The van der Waals surface area contributed by atoms with E-state index in [1.165, 1.54) is 4.90 Å². The number of alkyl halides is 3. The van der Waals surface area contributed by atoms with Crippen LogP contribution in [0.2, 0.25) is 0 Å². The first-order valence-electron chi connectivity index (χ1n) is 9.54. The van der Waals surface area contributed by atoms with E-state index in [0.29, 0.717) is 16.8 Å². The maximum absolute atomic E-state index is 13.0. The minimum atomic E-state index is -4.69. The van der Waals surface area contributed by atoms with Crippen LogP contribution in [0.5, 0.6) is 0 Å². The van der Waals surface area contributed by atoms with Crippen molar-refractivity contribution < 1.29 is 22.9 Å². The fourth-order valence-corrected chi connectivity index (χ4v) is 3.69. The van der Waals surface area contributed by atoms with E-state index in [9.17, 15) is 32.9 Å². The molecule has 2 heterocycles. The molecular formula is C20H16F3N5O4. The van der Waals surface area contributed by atoms with Crippen LogP contribution in [-0.2, 0) is 6.18 Å². The van der Waals surface area contributed by atoms with E-state index in [1.54, 1.807) is 29.2 Å². The van der Waals surface area contributed by atoms with E-state index in [4.69, 9.17) is 0 Å². The molecule has 12 heteroatoms. The number of nitro benzene ring substituents is 1. The summed E-state index contributed by atoms with van der Waals surface area (Å²) >= 11 is 0. The standard InChI is InChI=1S/C20H16F3N5O4/c21-20(22,23)12-5-6-15(16(11-12)28(31)32)26-7-9-27(10-8-26)19(30)17-13-3-1-2-4-14(13)18(29)25-24-17/h1-6,11H,7-10H2,(H,25,29). The second-order valence-corrected chi connectivity index (χ2v) is 7.18. The third-order valence-corrected chi connectivity index (χ3v) is 5.31. The number of hydrogen-bond acceptors (Lipinski definition) is 6. The molecule has 1 fully saturated rings. The van der Waals surface area contributed by atoms with Crippen molar-refractivity contribution in [1.82, 2.24) is 15.1 Å². The predicted molar refractivity (Wildman–Crippen MR) is 109 cm³/mol. The molecule has 2 aromatic carbocycles. The van der Waals surface area contributed by atoms with E-state index in [1.807, 2.05) is 0 Å². The molecule has 0 radical (unpaired) electrons. The second-order valence-electron chi connectivity index (χ2n) is 7.18. The maximum atomic E-state index is 13.0. The molecule has 0 saturated carbocycles. The lowest BCUT2D eigenvalue weighted by Crippen LogP contribution is -2.49. The van der Waals surface area contributed by atoms with Gasteiger partial charge in [-0.3, -0.25) is 19.7 Å². The molecule has 1 saturated heterocycles. The Morgan fingerprint density at radius 1 is 1.06 bits per heavy atom. The molecule has 1 aliphatic rings. The summed E-state index contributed by atoms with van der Waals surface area (Å²) < 4.78 is 38.8. The first-order chi connectivity index (χ1) is 15.2. The lowest BCUT2D eigenvalue weighted by molar-refractivity contribution is -0.384. The summed E-state index contributed by atoms with van der Waals surface area (Å²) in [5.74, 6) is -0.418. The molecule has 32 heavy (non-hydrogen) atoms. The van der Waals surface area contributed by atoms with Gasteiger partial charge in [-0.25, -0.2) is 5.10 Å². The van der Waals surface area contributed by atoms with Gasteiger partial charge in [0.2, 0.25) is 0 Å². The largest absolute Gasteiger partial charge is 0.416 e. The summed E-state index contributed by atoms with van der Waals surface area (Å²) in [6.45, 7) is 0.705. The number of carbonyl (C=O) groups excluding carboxylic acids is 1. The van der Waals surface area contributed by atoms with Crippen LogP contribution < -0.4 is 10.5 Å². The summed E-state index contributed by atoms with van der Waals surface area (Å²) in [4.78, 5) is 38.5. The zero-order valence-electron chi connectivity index (χ0n) is 16.4. The summed E-state index contributed by atoms with van der Waals surface area (Å²) in [6.07, 6.45) is -4.69. The summed E-state index contributed by atoms with van der Waals surface area (Å²) in [5.41, 5.74) is -2.03. The number of anilines is 1. The van der Waals surface area contributed by atoms with Gasteiger partial charge in [-0.2, -0.15) is 18.3 Å². The molecule has 0 unspecified atom stereocenters. The Morgan fingerprint density at radius 3 is 2.34 bits per heavy atom. The van der Waals surface area contributed by atoms with Crippen LogP contribution in [-0.4, -0.2) is 52.1 Å². The Hall–Kier alpha value is -3.96. The first kappa shape index (κ1) is 21.3. The number of halogens is 3. The first-order valence-corrected chi connectivity index (χ1v) is 9.54. The van der Waals surface area contributed by atoms with Gasteiger partial charge in [0.25, 0.3) is 17.2 Å². The second kappa shape index (κ2) is 7.94. The molecule has 0 bridgehead atoms. The minimum Gasteiger partial charge on any atom is -0.362 e. The van der Waals surface area contributed by atoms with Gasteiger partial charge >= 0.3 is 6.18 Å². The van der Waals surface area contributed by atoms with E-state index >= 15 is 0 Å². The van der Waals surface area contributed by atoms with Gasteiger partial charge in [-0.1, -0.05) is 18.2 Å². The van der Waals surface area contributed by atoms with Crippen molar-refractivity contribution in [1.29, 1.82) is 0 Å². The number of nitro groups is 1. The number of nitrogens with one attached hydrogen (secondary N) is 1. The van der Waals surface area contributed by atoms with Gasteiger partial charge in [0.05, 0.1) is 15.9 Å². The predicted octanol–water partition coefficient (Wildman–Crippen LogP) is 2.81. The molecule has 166 valence electrons. The van der Waals surface area contributed by atoms with E-state index < -0.39 is 33.8 Å². The molecule has 1 aromatic heterocycles. The highest BCUT2D eigenvalue weighted by molar-refractivity contribution is 6.04. The molecule has 3 aromatic rings. The third-order valence-electron chi connectivity index (χ3n) is 5.31. The Labute approximate surface area is 178 Å². The average molecular weight is 447 g/mol. The summed E-state index contributed by atoms with van der Waals surface area (Å²) in [7, 11) is 0. The molecule has 1 amide bonds. The fraction of sp³-hybridized carbons (Fsp3) is 0.250. The Bertz CT molecular complexity index is 1270. The zero-order valence-corrected chi connectivity index (χ0v) is 16.4. The van der Waals surface area contributed by atoms with Crippen LogP contribution in [0, 0.1) is 10.1 Å². The van der Waals surface area contributed by atoms with Crippen molar-refractivity contribution in [3.8, 4) is 0 Å². The van der Waals surface area contributed by atoms with Gasteiger partial charge < -0.3 is 9.80 Å². The van der Waals surface area contributed by atoms with Crippen molar-refractivity contribution in [2.24, 2.45) is 0 Å². The smallest absolute Gasteiger partial charge is 0.362 e. The third kappa shape index (κ3) is 3.86. The van der Waals surface area contributed by atoms with Gasteiger partial charge in [0.1, 0.15) is 5.69 Å².